The molecule has 0 fully saturated rings. The molecule has 0 aliphatic heterocycles. The first-order valence-electron chi connectivity index (χ1n) is 8.43. The highest BCUT2D eigenvalue weighted by Crippen LogP contribution is 2.36. The second-order valence-electron chi connectivity index (χ2n) is 6.29. The lowest BCUT2D eigenvalue weighted by Gasteiger charge is -2.14. The molecular formula is C19H11Cl2F6N3O. The second-order valence-corrected chi connectivity index (χ2v) is 7.14. The van der Waals surface area contributed by atoms with Gasteiger partial charge in [0.2, 0.25) is 0 Å². The normalized spacial score (nSPS) is 12.1. The molecule has 0 unspecified atom stereocenters. The van der Waals surface area contributed by atoms with E-state index in [9.17, 15) is 31.1 Å². The quantitative estimate of drug-likeness (QED) is 0.454. The van der Waals surface area contributed by atoms with E-state index in [1.54, 1.807) is 0 Å². The Morgan fingerprint density at radius 2 is 1.71 bits per heavy atom. The summed E-state index contributed by atoms with van der Waals surface area (Å²) in [6.45, 7) is -0.427. The molecule has 0 saturated carbocycles. The number of nitrogens with zero attached hydrogens (tertiary/aromatic N) is 2. The molecule has 1 N–H and O–H groups in total. The van der Waals surface area contributed by atoms with Gasteiger partial charge in [0.1, 0.15) is 0 Å². The van der Waals surface area contributed by atoms with Gasteiger partial charge in [-0.3, -0.25) is 4.79 Å². The number of alkyl halides is 6. The fraction of sp³-hybridized carbons (Fsp3) is 0.158. The first-order valence-corrected chi connectivity index (χ1v) is 9.18. The zero-order chi connectivity index (χ0) is 23.0. The van der Waals surface area contributed by atoms with E-state index in [2.05, 4.69) is 10.4 Å². The second kappa shape index (κ2) is 8.43. The molecule has 4 nitrogen and oxygen atoms in total. The summed E-state index contributed by atoms with van der Waals surface area (Å²) in [4.78, 5) is 12.4. The molecule has 3 aromatic rings. The zero-order valence-corrected chi connectivity index (χ0v) is 16.7. The minimum atomic E-state index is -5.00. The third-order valence-corrected chi connectivity index (χ3v) is 4.68. The van der Waals surface area contributed by atoms with E-state index in [-0.39, 0.29) is 21.3 Å². The topological polar surface area (TPSA) is 46.9 Å². The van der Waals surface area contributed by atoms with Gasteiger partial charge < -0.3 is 5.32 Å². The maximum atomic E-state index is 13.7. The number of benzene rings is 2. The molecule has 164 valence electrons. The van der Waals surface area contributed by atoms with Gasteiger partial charge in [0.05, 0.1) is 28.0 Å². The molecular weight excluding hydrogens is 471 g/mol. The van der Waals surface area contributed by atoms with Crippen LogP contribution in [0.25, 0.3) is 5.69 Å². The van der Waals surface area contributed by atoms with E-state index in [1.807, 2.05) is 0 Å². The standard InChI is InChI=1S/C19H11Cl2F6N3O/c20-12-4-5-14(21)15(7-12)30-16(19(25,26)27)13(9-29-30)17(31)28-8-10-2-1-3-11(6-10)18(22,23)24/h1-7,9H,8H2,(H,28,31). The van der Waals surface area contributed by atoms with Crippen molar-refractivity contribution in [2.75, 3.05) is 0 Å². The summed E-state index contributed by atoms with van der Waals surface area (Å²) in [5.74, 6) is -1.17. The molecule has 0 aliphatic carbocycles. The molecule has 0 atom stereocenters. The van der Waals surface area contributed by atoms with Crippen molar-refractivity contribution in [3.8, 4) is 5.69 Å². The number of rotatable bonds is 4. The van der Waals surface area contributed by atoms with E-state index >= 15 is 0 Å². The van der Waals surface area contributed by atoms with Gasteiger partial charge in [-0.05, 0) is 35.9 Å². The van der Waals surface area contributed by atoms with E-state index < -0.39 is 41.6 Å². The van der Waals surface area contributed by atoms with Gasteiger partial charge in [-0.15, -0.1) is 0 Å². The maximum absolute atomic E-state index is 13.7. The Morgan fingerprint density at radius 1 is 1.00 bits per heavy atom. The molecule has 3 rings (SSSR count). The highest BCUT2D eigenvalue weighted by atomic mass is 35.5. The van der Waals surface area contributed by atoms with Crippen LogP contribution in [-0.2, 0) is 18.9 Å². The predicted molar refractivity (Wildman–Crippen MR) is 101 cm³/mol. The van der Waals surface area contributed by atoms with Crippen molar-refractivity contribution in [2.24, 2.45) is 0 Å². The van der Waals surface area contributed by atoms with Gasteiger partial charge in [-0.1, -0.05) is 35.3 Å². The first kappa shape index (κ1) is 23.0. The van der Waals surface area contributed by atoms with Crippen LogP contribution in [0.1, 0.15) is 27.2 Å². The number of halogens is 8. The summed E-state index contributed by atoms with van der Waals surface area (Å²) < 4.78 is 80.0. The molecule has 0 saturated heterocycles. The molecule has 12 heteroatoms. The Morgan fingerprint density at radius 3 is 2.35 bits per heavy atom. The number of hydrogen-bond donors (Lipinski definition) is 1. The number of carbonyl (C=O) groups excluding carboxylic acids is 1. The predicted octanol–water partition coefficient (Wildman–Crippen LogP) is 6.15. The average molecular weight is 482 g/mol. The van der Waals surface area contributed by atoms with Crippen molar-refractivity contribution in [2.45, 2.75) is 18.9 Å². The van der Waals surface area contributed by atoms with E-state index in [4.69, 9.17) is 23.2 Å². The number of hydrogen-bond acceptors (Lipinski definition) is 2. The Balaban J connectivity index is 1.92. The summed E-state index contributed by atoms with van der Waals surface area (Å²) >= 11 is 11.8. The molecule has 0 aliphatic rings. The van der Waals surface area contributed by atoms with Crippen LogP contribution in [0.4, 0.5) is 26.3 Å². The number of nitrogens with one attached hydrogen (secondary N) is 1. The Hall–Kier alpha value is -2.72. The van der Waals surface area contributed by atoms with Crippen LogP contribution in [0, 0.1) is 0 Å². The van der Waals surface area contributed by atoms with Crippen molar-refractivity contribution in [1.29, 1.82) is 0 Å². The van der Waals surface area contributed by atoms with Gasteiger partial charge in [-0.2, -0.15) is 31.4 Å². The van der Waals surface area contributed by atoms with Crippen LogP contribution in [0.15, 0.2) is 48.7 Å². The van der Waals surface area contributed by atoms with Crippen molar-refractivity contribution >= 4 is 29.1 Å². The van der Waals surface area contributed by atoms with Crippen LogP contribution in [-0.4, -0.2) is 15.7 Å². The Labute approximate surface area is 181 Å². The summed E-state index contributed by atoms with van der Waals surface area (Å²) in [6.07, 6.45) is -8.90. The van der Waals surface area contributed by atoms with Gasteiger partial charge in [0.25, 0.3) is 5.91 Å². The minimum Gasteiger partial charge on any atom is -0.348 e. The van der Waals surface area contributed by atoms with Crippen LogP contribution in [0.3, 0.4) is 0 Å². The van der Waals surface area contributed by atoms with Crippen molar-refractivity contribution < 1.29 is 31.1 Å². The molecule has 2 aromatic carbocycles. The summed E-state index contributed by atoms with van der Waals surface area (Å²) in [7, 11) is 0. The van der Waals surface area contributed by atoms with Crippen LogP contribution in [0.5, 0.6) is 0 Å². The monoisotopic (exact) mass is 481 g/mol. The zero-order valence-electron chi connectivity index (χ0n) is 15.2. The lowest BCUT2D eigenvalue weighted by atomic mass is 10.1. The minimum absolute atomic E-state index is 0.0574. The summed E-state index contributed by atoms with van der Waals surface area (Å²) in [5.41, 5.74) is -3.31. The van der Waals surface area contributed by atoms with Gasteiger partial charge in [0, 0.05) is 11.6 Å². The molecule has 0 spiro atoms. The van der Waals surface area contributed by atoms with Gasteiger partial charge >= 0.3 is 12.4 Å². The molecule has 1 heterocycles. The van der Waals surface area contributed by atoms with Crippen LogP contribution < -0.4 is 5.32 Å². The van der Waals surface area contributed by atoms with Crippen molar-refractivity contribution in [3.63, 3.8) is 0 Å². The van der Waals surface area contributed by atoms with Crippen LogP contribution >= 0.6 is 23.2 Å². The first-order chi connectivity index (χ1) is 14.4. The third-order valence-electron chi connectivity index (χ3n) is 4.13. The average Bonchev–Trinajstić information content (AvgIpc) is 3.13. The number of carbonyl (C=O) groups is 1. The summed E-state index contributed by atoms with van der Waals surface area (Å²) in [5, 5.41) is 5.81. The fourth-order valence-electron chi connectivity index (χ4n) is 2.75. The molecule has 0 bridgehead atoms. The number of amides is 1. The molecule has 0 radical (unpaired) electrons. The Kier molecular flexibility index (Phi) is 6.24. The fourth-order valence-corrected chi connectivity index (χ4v) is 3.12. The third kappa shape index (κ3) is 5.13. The van der Waals surface area contributed by atoms with Crippen molar-refractivity contribution in [1.82, 2.24) is 15.1 Å². The largest absolute Gasteiger partial charge is 0.434 e. The van der Waals surface area contributed by atoms with E-state index in [0.29, 0.717) is 10.9 Å². The van der Waals surface area contributed by atoms with E-state index in [0.717, 1.165) is 24.3 Å². The Bertz CT molecular complexity index is 1120. The maximum Gasteiger partial charge on any atom is 0.434 e. The lowest BCUT2D eigenvalue weighted by Crippen LogP contribution is -2.26. The van der Waals surface area contributed by atoms with Gasteiger partial charge in [0.15, 0.2) is 5.69 Å². The molecule has 1 aromatic heterocycles. The lowest BCUT2D eigenvalue weighted by molar-refractivity contribution is -0.143. The SMILES string of the molecule is O=C(NCc1cccc(C(F)(F)F)c1)c1cnn(-c2cc(Cl)ccc2Cl)c1C(F)(F)F. The summed E-state index contributed by atoms with van der Waals surface area (Å²) in [6, 6.07) is 7.85. The molecule has 31 heavy (non-hydrogen) atoms. The van der Waals surface area contributed by atoms with Crippen molar-refractivity contribution in [3.05, 3.63) is 81.1 Å². The number of aromatic nitrogens is 2. The van der Waals surface area contributed by atoms with Crippen LogP contribution in [0.2, 0.25) is 10.0 Å². The van der Waals surface area contributed by atoms with Gasteiger partial charge in [-0.25, -0.2) is 4.68 Å². The highest BCUT2D eigenvalue weighted by molar-refractivity contribution is 6.34. The smallest absolute Gasteiger partial charge is 0.348 e. The van der Waals surface area contributed by atoms with E-state index in [1.165, 1.54) is 18.2 Å². The highest BCUT2D eigenvalue weighted by Gasteiger charge is 2.41. The molecule has 1 amide bonds.